The van der Waals surface area contributed by atoms with Crippen molar-refractivity contribution in [1.82, 2.24) is 0 Å². The molecule has 0 heterocycles. The summed E-state index contributed by atoms with van der Waals surface area (Å²) in [6.45, 7) is 24.6. The normalized spacial score (nSPS) is 13.2. The number of rotatable bonds is 30. The lowest BCUT2D eigenvalue weighted by Gasteiger charge is -2.35. The van der Waals surface area contributed by atoms with Crippen molar-refractivity contribution in [2.75, 3.05) is 13.2 Å². The van der Waals surface area contributed by atoms with Crippen molar-refractivity contribution in [2.24, 2.45) is 0 Å². The number of ether oxygens (including phenoxy) is 2. The Morgan fingerprint density at radius 2 is 0.698 bits per heavy atom. The Balaban J connectivity index is 0.000000162. The van der Waals surface area contributed by atoms with Crippen molar-refractivity contribution in [1.29, 1.82) is 0 Å². The molecule has 2 nitrogen and oxygen atoms in total. The molecule has 0 N–H and O–H groups in total. The van der Waals surface area contributed by atoms with Gasteiger partial charge in [0.1, 0.15) is 24.7 Å². The molecular formula is C112H112F2O2. The van der Waals surface area contributed by atoms with E-state index in [1.165, 1.54) is 225 Å². The van der Waals surface area contributed by atoms with E-state index in [1.54, 1.807) is 39.5 Å². The summed E-state index contributed by atoms with van der Waals surface area (Å²) in [7, 11) is 0. The van der Waals surface area contributed by atoms with Crippen molar-refractivity contribution in [3.63, 3.8) is 0 Å². The summed E-state index contributed by atoms with van der Waals surface area (Å²) in [5.74, 6) is 1.30. The molecule has 0 amide bonds. The lowest BCUT2D eigenvalue weighted by Crippen LogP contribution is -2.28. The summed E-state index contributed by atoms with van der Waals surface area (Å²) in [4.78, 5) is 0. The molecule has 0 saturated heterocycles. The first-order valence-electron chi connectivity index (χ1n) is 42.7. The molecule has 0 saturated carbocycles. The van der Waals surface area contributed by atoms with Gasteiger partial charge in [0.2, 0.25) is 0 Å². The Kier molecular flexibility index (Phi) is 25.0. The van der Waals surface area contributed by atoms with E-state index in [0.717, 1.165) is 59.4 Å². The molecule has 0 bridgehead atoms. The van der Waals surface area contributed by atoms with E-state index in [1.807, 2.05) is 50.3 Å². The largest absolute Gasteiger partial charge is 0.489 e. The first kappa shape index (κ1) is 80.0. The maximum atomic E-state index is 12.2. The number of fused-ring (bicyclic) bond motifs is 10. The van der Waals surface area contributed by atoms with Gasteiger partial charge in [0, 0.05) is 27.7 Å². The number of unbranched alkanes of at least 4 members (excludes halogenated alkanes) is 6. The minimum atomic E-state index is -1.75. The number of aryl methyl sites for hydroxylation is 16. The van der Waals surface area contributed by atoms with E-state index in [9.17, 15) is 8.78 Å². The highest BCUT2D eigenvalue weighted by Crippen LogP contribution is 2.57. The minimum Gasteiger partial charge on any atom is -0.489 e. The summed E-state index contributed by atoms with van der Waals surface area (Å²) in [5, 5.41) is 4.56. The Hall–Kier alpha value is -11.2. The molecule has 0 unspecified atom stereocenters. The summed E-state index contributed by atoms with van der Waals surface area (Å²) >= 11 is 0. The van der Waals surface area contributed by atoms with Crippen LogP contribution in [0.4, 0.5) is 8.78 Å². The van der Waals surface area contributed by atoms with Crippen molar-refractivity contribution < 1.29 is 18.3 Å². The molecule has 0 aromatic heterocycles. The molecule has 17 rings (SSSR count). The van der Waals surface area contributed by atoms with Gasteiger partial charge in [0.25, 0.3) is 6.08 Å². The lowest BCUT2D eigenvalue weighted by molar-refractivity contribution is 0.347. The fraction of sp³-hybridized carbons (Fsp3) is 0.268. The molecule has 0 atom stereocenters. The first-order valence-corrected chi connectivity index (χ1v) is 42.7. The van der Waals surface area contributed by atoms with Crippen molar-refractivity contribution in [3.8, 4) is 33.8 Å². The van der Waals surface area contributed by atoms with Crippen LogP contribution in [0.25, 0.3) is 56.0 Å². The number of hydrogen-bond acceptors (Lipinski definition) is 2. The number of hydrogen-bond donors (Lipinski definition) is 0. The standard InChI is InChI=1S/C62H62.C32H32.C18H18F2O2/c1-43-39-48(20-8-4-6-18-38-62(52-36-34-46-30-32-50(46)42-52)59-27-15-11-23-55(59)56-24-12-16-28-60(56)62)44(2)40-47(43)19-7-3-5-17-37-61(51-35-33-45-29-31-49(45)41-51)57-25-13-9-21-53(57)54-22-10-14-26-58(54)61;1-5-25-7-11-27(12-8-25)15-17-29-19-23(3)22-32-30(20-24(4)21-31(29)32)18-16-28-13-9-26(6-2)10-14-28;1-4-6-21-16-10-12(2)9-15-14(16)8-13(3)11-17(15)22-7-5-18(19)20/h9-16,21-28,33-36,39-42H,3-8,17-20,29-32,37-38H2,1-2H3;5-14,19-22H,1-2,15-18H2,3-4H3;4-5,8-11H,1,6-7H2,2-3H3. The van der Waals surface area contributed by atoms with Gasteiger partial charge in [-0.15, -0.1) is 0 Å². The summed E-state index contributed by atoms with van der Waals surface area (Å²) < 4.78 is 35.5. The lowest BCUT2D eigenvalue weighted by atomic mass is 9.68. The highest BCUT2D eigenvalue weighted by molar-refractivity contribution is 5.95. The zero-order chi connectivity index (χ0) is 80.3. The van der Waals surface area contributed by atoms with Crippen LogP contribution in [0.5, 0.6) is 11.5 Å². The van der Waals surface area contributed by atoms with E-state index >= 15 is 0 Å². The average molecular weight is 1530 g/mol. The summed E-state index contributed by atoms with van der Waals surface area (Å²) in [6.07, 6.45) is 28.5. The third-order valence-corrected chi connectivity index (χ3v) is 25.6. The third kappa shape index (κ3) is 17.2. The number of benzene rings is 13. The van der Waals surface area contributed by atoms with E-state index in [0.29, 0.717) is 12.4 Å². The molecule has 116 heavy (non-hydrogen) atoms. The molecule has 0 fully saturated rings. The minimum absolute atomic E-state index is 0.0550. The van der Waals surface area contributed by atoms with Crippen LogP contribution in [0.15, 0.2) is 281 Å². The van der Waals surface area contributed by atoms with Gasteiger partial charge in [-0.1, -0.05) is 306 Å². The van der Waals surface area contributed by atoms with Gasteiger partial charge in [-0.05, 0) is 311 Å². The van der Waals surface area contributed by atoms with Crippen LogP contribution in [-0.2, 0) is 75.0 Å². The Bertz CT molecular complexity index is 5400. The maximum Gasteiger partial charge on any atom is 0.269 e. The van der Waals surface area contributed by atoms with E-state index in [2.05, 4.69) is 266 Å². The topological polar surface area (TPSA) is 18.5 Å². The SMILES string of the molecule is C=CCOc1cc(C)cc2c(OCC=C(F)F)cc(C)cc12.C=Cc1ccc(CCc2cc(C)cc3c(CCc4ccc(C=C)cc4)cc(C)cc23)cc1.Cc1cc(CCCCCCC2(c3ccc4c(c3)CC4)c3ccccc3-c3ccccc32)c(C)cc1CCCCCCC1(c2ccc3c(c2)CC3)c2ccccc2-c2ccccc21. The van der Waals surface area contributed by atoms with Crippen molar-refractivity contribution in [2.45, 2.75) is 181 Å². The highest BCUT2D eigenvalue weighted by Gasteiger charge is 2.46. The van der Waals surface area contributed by atoms with Crippen LogP contribution in [0.3, 0.4) is 0 Å². The molecule has 0 spiro atoms. The molecule has 0 aliphatic heterocycles. The smallest absolute Gasteiger partial charge is 0.269 e. The van der Waals surface area contributed by atoms with Gasteiger partial charge in [-0.2, -0.15) is 8.78 Å². The Morgan fingerprint density at radius 3 is 1.06 bits per heavy atom. The van der Waals surface area contributed by atoms with Crippen LogP contribution >= 0.6 is 0 Å². The van der Waals surface area contributed by atoms with Crippen LogP contribution in [0.1, 0.15) is 198 Å². The van der Waals surface area contributed by atoms with Gasteiger partial charge < -0.3 is 9.47 Å². The fourth-order valence-electron chi connectivity index (χ4n) is 19.4. The maximum absolute atomic E-state index is 12.2. The fourth-order valence-corrected chi connectivity index (χ4v) is 19.4. The third-order valence-electron chi connectivity index (χ3n) is 25.6. The second-order valence-corrected chi connectivity index (χ2v) is 33.4. The van der Waals surface area contributed by atoms with Gasteiger partial charge in [-0.3, -0.25) is 0 Å². The predicted molar refractivity (Wildman–Crippen MR) is 487 cm³/mol. The van der Waals surface area contributed by atoms with Crippen LogP contribution in [-0.4, -0.2) is 13.2 Å². The molecule has 4 aliphatic rings. The molecule has 0 radical (unpaired) electrons. The first-order chi connectivity index (χ1) is 56.6. The van der Waals surface area contributed by atoms with Gasteiger partial charge in [0.05, 0.1) is 0 Å². The molecule has 4 aliphatic carbocycles. The van der Waals surface area contributed by atoms with Crippen LogP contribution in [0, 0.1) is 41.5 Å². The van der Waals surface area contributed by atoms with Crippen LogP contribution < -0.4 is 9.47 Å². The molecular weight excluding hydrogens is 1420 g/mol. The van der Waals surface area contributed by atoms with E-state index in [4.69, 9.17) is 9.47 Å². The Labute approximate surface area is 689 Å². The predicted octanol–water partition coefficient (Wildman–Crippen LogP) is 29.0. The second kappa shape index (κ2) is 36.3. The summed E-state index contributed by atoms with van der Waals surface area (Å²) in [5.41, 5.74) is 39.7. The average Bonchev–Trinajstić information content (AvgIpc) is 1.55. The zero-order valence-electron chi connectivity index (χ0n) is 69.2. The van der Waals surface area contributed by atoms with E-state index in [-0.39, 0.29) is 17.4 Å². The molecule has 4 heteroatoms. The Morgan fingerprint density at radius 1 is 0.336 bits per heavy atom. The molecule has 13 aromatic rings. The monoisotopic (exact) mass is 1530 g/mol. The quantitative estimate of drug-likeness (QED) is 0.0330. The van der Waals surface area contributed by atoms with Crippen molar-refractivity contribution in [3.05, 3.63) is 414 Å². The molecule has 13 aromatic carbocycles. The van der Waals surface area contributed by atoms with Gasteiger partial charge in [0.15, 0.2) is 0 Å². The zero-order valence-corrected chi connectivity index (χ0v) is 69.2. The summed E-state index contributed by atoms with van der Waals surface area (Å²) in [6, 6.07) is 91.7. The van der Waals surface area contributed by atoms with Gasteiger partial charge >= 0.3 is 0 Å². The van der Waals surface area contributed by atoms with E-state index < -0.39 is 6.08 Å². The number of halogens is 2. The van der Waals surface area contributed by atoms with Crippen molar-refractivity contribution >= 4 is 33.7 Å². The van der Waals surface area contributed by atoms with Crippen LogP contribution in [0.2, 0.25) is 0 Å². The second-order valence-electron chi connectivity index (χ2n) is 33.4. The highest BCUT2D eigenvalue weighted by atomic mass is 19.3. The van der Waals surface area contributed by atoms with Gasteiger partial charge in [-0.25, -0.2) is 0 Å². The molecule has 586 valence electrons.